The van der Waals surface area contributed by atoms with Crippen LogP contribution in [0.1, 0.15) is 117 Å². The molecule has 0 spiro atoms. The van der Waals surface area contributed by atoms with Crippen LogP contribution in [0.5, 0.6) is 23.0 Å². The summed E-state index contributed by atoms with van der Waals surface area (Å²) >= 11 is 6.40. The van der Waals surface area contributed by atoms with Crippen molar-refractivity contribution in [1.29, 1.82) is 0 Å². The highest BCUT2D eigenvalue weighted by Crippen LogP contribution is 2.35. The molecule has 0 saturated heterocycles. The van der Waals surface area contributed by atoms with Gasteiger partial charge in [0, 0.05) is 12.1 Å². The molecule has 0 aliphatic carbocycles. The molecule has 1 aromatic heterocycles. The summed E-state index contributed by atoms with van der Waals surface area (Å²) in [5, 5.41) is 10.9. The van der Waals surface area contributed by atoms with E-state index in [2.05, 4.69) is 30.7 Å². The summed E-state index contributed by atoms with van der Waals surface area (Å²) in [5.74, 6) is 2.68. The number of ether oxygens (including phenoxy) is 3. The first-order chi connectivity index (χ1) is 21.5. The van der Waals surface area contributed by atoms with Gasteiger partial charge in [0.15, 0.2) is 11.6 Å². The second-order valence-corrected chi connectivity index (χ2v) is 11.7. The first kappa shape index (κ1) is 35.4. The van der Waals surface area contributed by atoms with Crippen molar-refractivity contribution in [1.82, 2.24) is 15.0 Å². The van der Waals surface area contributed by atoms with Crippen molar-refractivity contribution in [3.05, 3.63) is 41.7 Å². The smallest absolute Gasteiger partial charge is 0.226 e. The zero-order valence-corrected chi connectivity index (χ0v) is 27.8. The molecule has 0 fully saturated rings. The summed E-state index contributed by atoms with van der Waals surface area (Å²) < 4.78 is 18.2. The third-order valence-electron chi connectivity index (χ3n) is 7.55. The lowest BCUT2D eigenvalue weighted by molar-refractivity contribution is 0.290. The lowest BCUT2D eigenvalue weighted by Crippen LogP contribution is -2.04. The van der Waals surface area contributed by atoms with E-state index in [-0.39, 0.29) is 16.9 Å². The molecular weight excluding hydrogens is 574 g/mol. The minimum Gasteiger partial charge on any atom is -0.507 e. The lowest BCUT2D eigenvalue weighted by atomic mass is 10.1. The van der Waals surface area contributed by atoms with E-state index in [1.165, 1.54) is 57.8 Å². The van der Waals surface area contributed by atoms with Gasteiger partial charge in [-0.2, -0.15) is 9.97 Å². The maximum Gasteiger partial charge on any atom is 0.226 e. The molecule has 0 amide bonds. The summed E-state index contributed by atoms with van der Waals surface area (Å²) in [6.07, 6.45) is 17.4. The predicted molar refractivity (Wildman–Crippen MR) is 180 cm³/mol. The molecule has 3 aromatic rings. The van der Waals surface area contributed by atoms with Gasteiger partial charge in [-0.3, -0.25) is 0 Å². The number of aromatic nitrogens is 3. The summed E-state index contributed by atoms with van der Waals surface area (Å²) in [6, 6.07) is 10.9. The zero-order valence-electron chi connectivity index (χ0n) is 27.1. The number of halogens is 1. The van der Waals surface area contributed by atoms with Crippen molar-refractivity contribution >= 4 is 11.6 Å². The van der Waals surface area contributed by atoms with Gasteiger partial charge in [0.2, 0.25) is 5.28 Å². The molecule has 0 aliphatic rings. The highest BCUT2D eigenvalue weighted by atomic mass is 35.5. The topological polar surface area (TPSA) is 86.6 Å². The number of phenolic OH excluding ortho intramolecular Hbond substituents is 1. The lowest BCUT2D eigenvalue weighted by Gasteiger charge is -2.14. The van der Waals surface area contributed by atoms with E-state index >= 15 is 0 Å². The van der Waals surface area contributed by atoms with E-state index in [0.29, 0.717) is 48.3 Å². The van der Waals surface area contributed by atoms with Gasteiger partial charge in [0.05, 0.1) is 30.9 Å². The Hall–Kier alpha value is -3.06. The Balaban J connectivity index is 1.76. The van der Waals surface area contributed by atoms with Crippen molar-refractivity contribution in [2.75, 3.05) is 19.8 Å². The van der Waals surface area contributed by atoms with Crippen LogP contribution in [0, 0.1) is 0 Å². The van der Waals surface area contributed by atoms with Crippen LogP contribution in [0.4, 0.5) is 0 Å². The maximum absolute atomic E-state index is 10.9. The minimum atomic E-state index is 0.0212. The second kappa shape index (κ2) is 20.8. The minimum absolute atomic E-state index is 0.0212. The molecule has 242 valence electrons. The summed E-state index contributed by atoms with van der Waals surface area (Å²) in [4.78, 5) is 13.5. The predicted octanol–water partition coefficient (Wildman–Crippen LogP) is 10.6. The molecule has 0 atom stereocenters. The Morgan fingerprint density at radius 1 is 0.545 bits per heavy atom. The molecule has 0 bridgehead atoms. The third kappa shape index (κ3) is 12.5. The summed E-state index contributed by atoms with van der Waals surface area (Å²) in [7, 11) is 0. The molecule has 8 heteroatoms. The SMILES string of the molecule is CCCCCCCOc1ccc(-c2nc(Cl)nc(-c3ccc(OCCCCCCC)cc3OCCCCCCC)n2)c(O)c1. The van der Waals surface area contributed by atoms with E-state index in [1.807, 2.05) is 24.3 Å². The quantitative estimate of drug-likeness (QED) is 0.105. The monoisotopic (exact) mass is 625 g/mol. The number of aromatic hydroxyl groups is 1. The van der Waals surface area contributed by atoms with Gasteiger partial charge in [0.25, 0.3) is 0 Å². The summed E-state index contributed by atoms with van der Waals surface area (Å²) in [6.45, 7) is 8.50. The van der Waals surface area contributed by atoms with Crippen LogP contribution in [0.15, 0.2) is 36.4 Å². The van der Waals surface area contributed by atoms with E-state index in [0.717, 1.165) is 44.3 Å². The van der Waals surface area contributed by atoms with Gasteiger partial charge < -0.3 is 19.3 Å². The average molecular weight is 626 g/mol. The number of hydrogen-bond donors (Lipinski definition) is 1. The number of unbranched alkanes of at least 4 members (excludes halogenated alkanes) is 12. The van der Waals surface area contributed by atoms with Crippen LogP contribution in [0.2, 0.25) is 5.28 Å². The molecule has 1 heterocycles. The molecule has 1 N–H and O–H groups in total. The number of hydrogen-bond acceptors (Lipinski definition) is 7. The van der Waals surface area contributed by atoms with E-state index < -0.39 is 0 Å². The van der Waals surface area contributed by atoms with Crippen molar-refractivity contribution in [2.45, 2.75) is 117 Å². The van der Waals surface area contributed by atoms with E-state index in [9.17, 15) is 5.11 Å². The molecule has 7 nitrogen and oxygen atoms in total. The fourth-order valence-corrected chi connectivity index (χ4v) is 5.12. The van der Waals surface area contributed by atoms with Gasteiger partial charge in [0.1, 0.15) is 23.0 Å². The van der Waals surface area contributed by atoms with Gasteiger partial charge in [-0.05, 0) is 55.1 Å². The first-order valence-corrected chi connectivity index (χ1v) is 17.2. The van der Waals surface area contributed by atoms with Gasteiger partial charge in [-0.1, -0.05) is 97.8 Å². The Morgan fingerprint density at radius 2 is 1.00 bits per heavy atom. The molecule has 0 unspecified atom stereocenters. The molecule has 3 rings (SSSR count). The Kier molecular flexibility index (Phi) is 16.8. The number of phenols is 1. The third-order valence-corrected chi connectivity index (χ3v) is 7.72. The zero-order chi connectivity index (χ0) is 31.4. The fourth-order valence-electron chi connectivity index (χ4n) is 4.96. The van der Waals surface area contributed by atoms with Crippen LogP contribution < -0.4 is 14.2 Å². The second-order valence-electron chi connectivity index (χ2n) is 11.4. The largest absolute Gasteiger partial charge is 0.507 e. The van der Waals surface area contributed by atoms with Crippen LogP contribution in [-0.2, 0) is 0 Å². The van der Waals surface area contributed by atoms with Crippen molar-refractivity contribution in [3.8, 4) is 45.8 Å². The van der Waals surface area contributed by atoms with Gasteiger partial charge in [-0.15, -0.1) is 0 Å². The number of nitrogens with zero attached hydrogens (tertiary/aromatic N) is 3. The van der Waals surface area contributed by atoms with E-state index in [1.54, 1.807) is 12.1 Å². The van der Waals surface area contributed by atoms with Crippen LogP contribution in [0.3, 0.4) is 0 Å². The molecule has 0 aliphatic heterocycles. The fraction of sp³-hybridized carbons (Fsp3) is 0.583. The Labute approximate surface area is 269 Å². The normalized spacial score (nSPS) is 11.1. The van der Waals surface area contributed by atoms with Crippen LogP contribution >= 0.6 is 11.6 Å². The molecule has 44 heavy (non-hydrogen) atoms. The number of benzene rings is 2. The standard InChI is InChI=1S/C36H52ClN3O4/c1-4-7-10-13-16-23-42-28-19-21-30(32(41)26-28)34-38-35(40-36(37)39-34)31-22-20-29(43-24-17-14-11-8-5-2)27-33(31)44-25-18-15-12-9-6-3/h19-22,26-27,41H,4-18,23-25H2,1-3H3. The Morgan fingerprint density at radius 3 is 1.52 bits per heavy atom. The molecule has 0 saturated carbocycles. The van der Waals surface area contributed by atoms with Crippen LogP contribution in [0.25, 0.3) is 22.8 Å². The highest BCUT2D eigenvalue weighted by molar-refractivity contribution is 6.28. The van der Waals surface area contributed by atoms with E-state index in [4.69, 9.17) is 30.8 Å². The average Bonchev–Trinajstić information content (AvgIpc) is 3.02. The first-order valence-electron chi connectivity index (χ1n) is 16.8. The van der Waals surface area contributed by atoms with Crippen molar-refractivity contribution in [2.24, 2.45) is 0 Å². The van der Waals surface area contributed by atoms with Crippen LogP contribution in [-0.4, -0.2) is 39.9 Å². The highest BCUT2D eigenvalue weighted by Gasteiger charge is 2.17. The van der Waals surface area contributed by atoms with Crippen molar-refractivity contribution in [3.63, 3.8) is 0 Å². The molecule has 0 radical (unpaired) electrons. The molecular formula is C36H52ClN3O4. The molecule has 2 aromatic carbocycles. The van der Waals surface area contributed by atoms with Gasteiger partial charge >= 0.3 is 0 Å². The summed E-state index contributed by atoms with van der Waals surface area (Å²) in [5.41, 5.74) is 1.15. The Bertz CT molecular complexity index is 1240. The maximum atomic E-state index is 10.9. The van der Waals surface area contributed by atoms with Crippen molar-refractivity contribution < 1.29 is 19.3 Å². The number of rotatable bonds is 23. The van der Waals surface area contributed by atoms with Gasteiger partial charge in [-0.25, -0.2) is 4.98 Å².